The molecular weight excluding hydrogens is 202 g/mol. The van der Waals surface area contributed by atoms with Gasteiger partial charge in [-0.2, -0.15) is 0 Å². The van der Waals surface area contributed by atoms with Gasteiger partial charge in [0.05, 0.1) is 6.26 Å². The average Bonchev–Trinajstić information content (AvgIpc) is 2.89. The van der Waals surface area contributed by atoms with E-state index in [9.17, 15) is 0 Å². The number of furan rings is 1. The van der Waals surface area contributed by atoms with Gasteiger partial charge >= 0.3 is 0 Å². The van der Waals surface area contributed by atoms with Gasteiger partial charge in [0, 0.05) is 18.2 Å². The number of nitrogens with one attached hydrogen (secondary N) is 1. The molecule has 0 saturated heterocycles. The first kappa shape index (κ1) is 11.0. The van der Waals surface area contributed by atoms with Crippen LogP contribution in [0.2, 0.25) is 0 Å². The van der Waals surface area contributed by atoms with Crippen molar-refractivity contribution in [1.29, 1.82) is 0 Å². The van der Waals surface area contributed by atoms with Crippen molar-refractivity contribution in [2.24, 2.45) is 5.73 Å². The predicted molar refractivity (Wildman–Crippen MR) is 63.1 cm³/mol. The molecule has 2 aromatic rings. The predicted octanol–water partition coefficient (Wildman–Crippen LogP) is 2.43. The Hall–Kier alpha value is -1.55. The summed E-state index contributed by atoms with van der Waals surface area (Å²) in [5.41, 5.74) is 7.62. The van der Waals surface area contributed by atoms with E-state index in [-0.39, 0.29) is 0 Å². The fourth-order valence-electron chi connectivity index (χ4n) is 1.80. The van der Waals surface area contributed by atoms with Crippen molar-refractivity contribution in [3.63, 3.8) is 0 Å². The van der Waals surface area contributed by atoms with Gasteiger partial charge in [-0.15, -0.1) is 0 Å². The Balaban J connectivity index is 2.35. The lowest BCUT2D eigenvalue weighted by atomic mass is 10.1. The van der Waals surface area contributed by atoms with Gasteiger partial charge in [-0.25, -0.2) is 4.98 Å². The van der Waals surface area contributed by atoms with Crippen molar-refractivity contribution < 1.29 is 4.42 Å². The first-order valence-corrected chi connectivity index (χ1v) is 5.56. The van der Waals surface area contributed by atoms with Crippen molar-refractivity contribution in [2.75, 3.05) is 6.54 Å². The Labute approximate surface area is 94.9 Å². The lowest BCUT2D eigenvalue weighted by Gasteiger charge is -2.07. The lowest BCUT2D eigenvalue weighted by molar-refractivity contribution is 0.579. The molecule has 2 aromatic heterocycles. The van der Waals surface area contributed by atoms with Crippen molar-refractivity contribution in [3.05, 3.63) is 29.9 Å². The fourth-order valence-corrected chi connectivity index (χ4v) is 1.80. The molecule has 0 saturated carbocycles. The molecule has 86 valence electrons. The van der Waals surface area contributed by atoms with E-state index in [4.69, 9.17) is 10.2 Å². The summed E-state index contributed by atoms with van der Waals surface area (Å²) >= 11 is 0. The van der Waals surface area contributed by atoms with Crippen LogP contribution in [-0.4, -0.2) is 16.5 Å². The normalized spacial score (nSPS) is 12.9. The number of imidazole rings is 1. The van der Waals surface area contributed by atoms with E-state index in [0.29, 0.717) is 12.5 Å². The molecule has 0 bridgehead atoms. The molecule has 1 atom stereocenters. The number of nitrogens with two attached hydrogens (primary N) is 1. The summed E-state index contributed by atoms with van der Waals surface area (Å²) in [6.45, 7) is 4.72. The summed E-state index contributed by atoms with van der Waals surface area (Å²) in [4.78, 5) is 7.85. The van der Waals surface area contributed by atoms with Gasteiger partial charge in [-0.05, 0) is 25.5 Å². The van der Waals surface area contributed by atoms with Crippen molar-refractivity contribution in [3.8, 4) is 11.5 Å². The third kappa shape index (κ3) is 1.88. The lowest BCUT2D eigenvalue weighted by Crippen LogP contribution is -2.12. The Kier molecular flexibility index (Phi) is 3.10. The summed E-state index contributed by atoms with van der Waals surface area (Å²) in [5, 5.41) is 0. The van der Waals surface area contributed by atoms with Crippen LogP contribution in [0.5, 0.6) is 0 Å². The van der Waals surface area contributed by atoms with Crippen LogP contribution < -0.4 is 5.73 Å². The van der Waals surface area contributed by atoms with Crippen molar-refractivity contribution >= 4 is 0 Å². The van der Waals surface area contributed by atoms with Crippen LogP contribution in [-0.2, 0) is 0 Å². The van der Waals surface area contributed by atoms with Gasteiger partial charge in [0.15, 0.2) is 5.76 Å². The number of aromatic nitrogens is 2. The van der Waals surface area contributed by atoms with Crippen LogP contribution in [0.15, 0.2) is 22.8 Å². The molecule has 4 heteroatoms. The van der Waals surface area contributed by atoms with Crippen LogP contribution in [0, 0.1) is 6.92 Å². The highest BCUT2D eigenvalue weighted by molar-refractivity contribution is 5.55. The zero-order valence-corrected chi connectivity index (χ0v) is 9.66. The topological polar surface area (TPSA) is 67.8 Å². The largest absolute Gasteiger partial charge is 0.463 e. The molecule has 0 aliphatic rings. The average molecular weight is 219 g/mol. The number of rotatable bonds is 4. The molecule has 0 amide bonds. The first-order chi connectivity index (χ1) is 7.76. The summed E-state index contributed by atoms with van der Waals surface area (Å²) in [5.74, 6) is 2.04. The van der Waals surface area contributed by atoms with Crippen LogP contribution in [0.3, 0.4) is 0 Å². The first-order valence-electron chi connectivity index (χ1n) is 5.56. The summed E-state index contributed by atoms with van der Waals surface area (Å²) in [7, 11) is 0. The minimum absolute atomic E-state index is 0.294. The minimum atomic E-state index is 0.294. The molecule has 0 aliphatic carbocycles. The maximum Gasteiger partial charge on any atom is 0.154 e. The number of aromatic amines is 1. The molecule has 0 radical (unpaired) electrons. The quantitative estimate of drug-likeness (QED) is 0.829. The highest BCUT2D eigenvalue weighted by atomic mass is 16.3. The number of hydrogen-bond acceptors (Lipinski definition) is 3. The molecule has 3 N–H and O–H groups in total. The smallest absolute Gasteiger partial charge is 0.154 e. The molecule has 4 nitrogen and oxygen atoms in total. The number of H-pyrrole nitrogens is 1. The highest BCUT2D eigenvalue weighted by Crippen LogP contribution is 2.24. The molecule has 0 spiro atoms. The Morgan fingerprint density at radius 2 is 2.38 bits per heavy atom. The zero-order chi connectivity index (χ0) is 11.5. The second-order valence-electron chi connectivity index (χ2n) is 3.91. The van der Waals surface area contributed by atoms with Gasteiger partial charge in [0.25, 0.3) is 0 Å². The Morgan fingerprint density at radius 1 is 1.56 bits per heavy atom. The zero-order valence-electron chi connectivity index (χ0n) is 9.66. The second kappa shape index (κ2) is 4.53. The van der Waals surface area contributed by atoms with Crippen LogP contribution in [0.1, 0.15) is 30.8 Å². The van der Waals surface area contributed by atoms with Crippen molar-refractivity contribution in [1.82, 2.24) is 9.97 Å². The number of aryl methyl sites for hydroxylation is 1. The van der Waals surface area contributed by atoms with E-state index < -0.39 is 0 Å². The molecule has 0 aromatic carbocycles. The maximum atomic E-state index is 5.71. The molecule has 1 unspecified atom stereocenters. The maximum absolute atomic E-state index is 5.71. The molecule has 16 heavy (non-hydrogen) atoms. The standard InChI is InChI=1S/C12H17N3O/c1-3-9(7-13)12-14-8(2)11(15-12)10-5-4-6-16-10/h4-6,9H,3,7,13H2,1-2H3,(H,14,15). The van der Waals surface area contributed by atoms with E-state index >= 15 is 0 Å². The van der Waals surface area contributed by atoms with Gasteiger partial charge in [-0.1, -0.05) is 6.92 Å². The van der Waals surface area contributed by atoms with Crippen molar-refractivity contribution in [2.45, 2.75) is 26.2 Å². The third-order valence-corrected chi connectivity index (χ3v) is 2.82. The van der Waals surface area contributed by atoms with Gasteiger partial charge in [0.1, 0.15) is 11.5 Å². The van der Waals surface area contributed by atoms with Crippen LogP contribution >= 0.6 is 0 Å². The summed E-state index contributed by atoms with van der Waals surface area (Å²) < 4.78 is 5.35. The number of hydrogen-bond donors (Lipinski definition) is 2. The highest BCUT2D eigenvalue weighted by Gasteiger charge is 2.16. The molecule has 0 aliphatic heterocycles. The van der Waals surface area contributed by atoms with Gasteiger partial charge < -0.3 is 15.1 Å². The van der Waals surface area contributed by atoms with E-state index in [1.165, 1.54) is 0 Å². The molecule has 2 heterocycles. The SMILES string of the molecule is CCC(CN)c1nc(-c2ccco2)c(C)[nH]1. The number of nitrogens with zero attached hydrogens (tertiary/aromatic N) is 1. The van der Waals surface area contributed by atoms with E-state index in [1.54, 1.807) is 6.26 Å². The Bertz CT molecular complexity index is 441. The summed E-state index contributed by atoms with van der Waals surface area (Å²) in [6, 6.07) is 3.78. The van der Waals surface area contributed by atoms with Gasteiger partial charge in [0.2, 0.25) is 0 Å². The summed E-state index contributed by atoms with van der Waals surface area (Å²) in [6.07, 6.45) is 2.64. The fraction of sp³-hybridized carbons (Fsp3) is 0.417. The van der Waals surface area contributed by atoms with Crippen LogP contribution in [0.25, 0.3) is 11.5 Å². The van der Waals surface area contributed by atoms with E-state index in [2.05, 4.69) is 16.9 Å². The molecule has 0 fully saturated rings. The second-order valence-corrected chi connectivity index (χ2v) is 3.91. The third-order valence-electron chi connectivity index (χ3n) is 2.82. The monoisotopic (exact) mass is 219 g/mol. The van der Waals surface area contributed by atoms with Gasteiger partial charge in [-0.3, -0.25) is 0 Å². The molecule has 2 rings (SSSR count). The van der Waals surface area contributed by atoms with E-state index in [1.807, 2.05) is 19.1 Å². The Morgan fingerprint density at radius 3 is 2.94 bits per heavy atom. The molecular formula is C12H17N3O. The minimum Gasteiger partial charge on any atom is -0.463 e. The van der Waals surface area contributed by atoms with E-state index in [0.717, 1.165) is 29.4 Å². The van der Waals surface area contributed by atoms with Crippen LogP contribution in [0.4, 0.5) is 0 Å².